The average Bonchev–Trinajstić information content (AvgIpc) is 3.17. The predicted molar refractivity (Wildman–Crippen MR) is 151 cm³/mol. The van der Waals surface area contributed by atoms with Crippen LogP contribution in [-0.4, -0.2) is 40.5 Å². The van der Waals surface area contributed by atoms with Crippen molar-refractivity contribution in [1.29, 1.82) is 0 Å². The lowest BCUT2D eigenvalue weighted by Gasteiger charge is -2.14. The summed E-state index contributed by atoms with van der Waals surface area (Å²) in [5.74, 6) is -0.415. The molecule has 1 aliphatic heterocycles. The number of nitrogens with one attached hydrogen (secondary N) is 1. The van der Waals surface area contributed by atoms with Gasteiger partial charge in [0.15, 0.2) is 11.5 Å². The maximum Gasteiger partial charge on any atom is 0.294 e. The highest BCUT2D eigenvalue weighted by molar-refractivity contribution is 9.10. The van der Waals surface area contributed by atoms with Gasteiger partial charge in [0, 0.05) is 16.6 Å². The van der Waals surface area contributed by atoms with Crippen molar-refractivity contribution in [1.82, 2.24) is 4.90 Å². The van der Waals surface area contributed by atoms with Gasteiger partial charge in [0.1, 0.15) is 13.2 Å². The number of ether oxygens (including phenoxy) is 2. The minimum atomic E-state index is -0.608. The van der Waals surface area contributed by atoms with E-state index in [2.05, 4.69) is 21.2 Å². The number of hydrogen-bond donors (Lipinski definition) is 1. The van der Waals surface area contributed by atoms with Crippen LogP contribution in [0.3, 0.4) is 0 Å². The molecule has 3 amide bonds. The van der Waals surface area contributed by atoms with Gasteiger partial charge in [-0.3, -0.25) is 29.4 Å². The zero-order valence-electron chi connectivity index (χ0n) is 20.2. The van der Waals surface area contributed by atoms with Crippen LogP contribution in [0, 0.1) is 10.1 Å². The minimum Gasteiger partial charge on any atom is -0.493 e. The van der Waals surface area contributed by atoms with Crippen molar-refractivity contribution in [2.75, 3.05) is 19.0 Å². The molecule has 3 aromatic rings. The molecule has 0 aromatic heterocycles. The van der Waals surface area contributed by atoms with Crippen molar-refractivity contribution in [3.8, 4) is 11.5 Å². The number of non-ortho nitro benzene ring substituents is 1. The van der Waals surface area contributed by atoms with Crippen molar-refractivity contribution in [3.63, 3.8) is 0 Å². The van der Waals surface area contributed by atoms with Crippen molar-refractivity contribution >= 4 is 73.8 Å². The Hall–Kier alpha value is -3.87. The minimum absolute atomic E-state index is 0.0194. The molecule has 13 heteroatoms. The second kappa shape index (κ2) is 12.3. The van der Waals surface area contributed by atoms with Gasteiger partial charge < -0.3 is 14.8 Å². The van der Waals surface area contributed by atoms with Crippen LogP contribution >= 0.6 is 39.3 Å². The molecule has 1 heterocycles. The van der Waals surface area contributed by atoms with Crippen LogP contribution in [0.1, 0.15) is 11.1 Å². The molecule has 39 heavy (non-hydrogen) atoms. The second-order valence-corrected chi connectivity index (χ2v) is 10.3. The van der Waals surface area contributed by atoms with Gasteiger partial charge in [0.2, 0.25) is 5.91 Å². The van der Waals surface area contributed by atoms with E-state index >= 15 is 0 Å². The maximum atomic E-state index is 12.9. The quantitative estimate of drug-likeness (QED) is 0.166. The number of nitrogens with zero attached hydrogens (tertiary/aromatic N) is 2. The summed E-state index contributed by atoms with van der Waals surface area (Å²) in [4.78, 5) is 49.2. The monoisotopic (exact) mass is 631 g/mol. The number of anilines is 1. The molecule has 10 nitrogen and oxygen atoms in total. The van der Waals surface area contributed by atoms with E-state index < -0.39 is 28.5 Å². The van der Waals surface area contributed by atoms with E-state index in [-0.39, 0.29) is 17.2 Å². The molecule has 0 spiro atoms. The number of amides is 3. The van der Waals surface area contributed by atoms with Gasteiger partial charge in [-0.05, 0) is 65.4 Å². The van der Waals surface area contributed by atoms with Crippen LogP contribution in [0.15, 0.2) is 70.0 Å². The summed E-state index contributed by atoms with van der Waals surface area (Å²) < 4.78 is 11.8. The number of benzene rings is 3. The highest BCUT2D eigenvalue weighted by Gasteiger charge is 2.36. The van der Waals surface area contributed by atoms with Gasteiger partial charge in [-0.25, -0.2) is 0 Å². The van der Waals surface area contributed by atoms with E-state index in [9.17, 15) is 24.5 Å². The fourth-order valence-corrected chi connectivity index (χ4v) is 4.93. The SMILES string of the molecule is COc1cc(/C=C2/SC(=O)N(CC(=O)Nc3ccccc3Cl)C2=O)c(Br)cc1OCc1ccc([N+](=O)[O-])cc1. The Balaban J connectivity index is 1.46. The molecule has 4 rings (SSSR count). The van der Waals surface area contributed by atoms with E-state index in [1.165, 1.54) is 25.3 Å². The molecule has 1 aliphatic rings. The number of rotatable bonds is 9. The maximum absolute atomic E-state index is 12.9. The first-order valence-corrected chi connectivity index (χ1v) is 13.2. The molecule has 1 saturated heterocycles. The Morgan fingerprint density at radius 3 is 2.54 bits per heavy atom. The predicted octanol–water partition coefficient (Wildman–Crippen LogP) is 6.27. The van der Waals surface area contributed by atoms with E-state index in [1.54, 1.807) is 48.5 Å². The van der Waals surface area contributed by atoms with Gasteiger partial charge in [0.05, 0.1) is 27.6 Å². The highest BCUT2D eigenvalue weighted by atomic mass is 79.9. The zero-order valence-corrected chi connectivity index (χ0v) is 23.3. The molecule has 200 valence electrons. The van der Waals surface area contributed by atoms with Crippen LogP contribution in [-0.2, 0) is 16.2 Å². The summed E-state index contributed by atoms with van der Waals surface area (Å²) in [6.45, 7) is -0.331. The Labute approximate surface area is 240 Å². The number of para-hydroxylation sites is 1. The van der Waals surface area contributed by atoms with Gasteiger partial charge in [-0.2, -0.15) is 0 Å². The molecule has 0 bridgehead atoms. The Morgan fingerprint density at radius 2 is 1.87 bits per heavy atom. The number of nitro groups is 1. The summed E-state index contributed by atoms with van der Waals surface area (Å²) >= 11 is 10.2. The third-order valence-corrected chi connectivity index (χ3v) is 7.36. The van der Waals surface area contributed by atoms with Crippen LogP contribution in [0.5, 0.6) is 11.5 Å². The summed E-state index contributed by atoms with van der Waals surface area (Å²) in [7, 11) is 1.46. The zero-order chi connectivity index (χ0) is 28.1. The Morgan fingerprint density at radius 1 is 1.15 bits per heavy atom. The van der Waals surface area contributed by atoms with Crippen LogP contribution < -0.4 is 14.8 Å². The molecule has 0 radical (unpaired) electrons. The Bertz CT molecular complexity index is 1500. The fraction of sp³-hybridized carbons (Fsp3) is 0.115. The van der Waals surface area contributed by atoms with Crippen LogP contribution in [0.25, 0.3) is 6.08 Å². The topological polar surface area (TPSA) is 128 Å². The number of thioether (sulfide) groups is 1. The lowest BCUT2D eigenvalue weighted by atomic mass is 10.1. The first kappa shape index (κ1) is 28.1. The number of halogens is 2. The molecule has 0 unspecified atom stereocenters. The summed E-state index contributed by atoms with van der Waals surface area (Å²) in [6, 6.07) is 15.9. The average molecular weight is 633 g/mol. The van der Waals surface area contributed by atoms with Gasteiger partial charge in [-0.1, -0.05) is 39.7 Å². The Kier molecular flexibility index (Phi) is 8.90. The fourth-order valence-electron chi connectivity index (χ4n) is 3.48. The molecule has 1 N–H and O–H groups in total. The molecular formula is C26H19BrClN3O7S. The largest absolute Gasteiger partial charge is 0.493 e. The summed E-state index contributed by atoms with van der Waals surface area (Å²) in [5, 5.41) is 13.2. The van der Waals surface area contributed by atoms with Crippen LogP contribution in [0.2, 0.25) is 5.02 Å². The lowest BCUT2D eigenvalue weighted by molar-refractivity contribution is -0.384. The highest BCUT2D eigenvalue weighted by Crippen LogP contribution is 2.38. The number of carbonyl (C=O) groups excluding carboxylic acids is 3. The molecule has 0 aliphatic carbocycles. The standard InChI is InChI=1S/C26H19BrClN3O7S/c1-37-21-10-16(18(27)12-22(21)38-14-15-6-8-17(9-7-15)31(35)36)11-23-25(33)30(26(34)39-23)13-24(32)29-20-5-3-2-4-19(20)28/h2-12H,13-14H2,1H3,(H,29,32)/b23-11+. The van der Waals surface area contributed by atoms with E-state index in [0.29, 0.717) is 44.0 Å². The number of carbonyl (C=O) groups is 3. The van der Waals surface area contributed by atoms with Gasteiger partial charge in [0.25, 0.3) is 16.8 Å². The van der Waals surface area contributed by atoms with E-state index in [1.807, 2.05) is 0 Å². The third-order valence-electron chi connectivity index (χ3n) is 5.43. The van der Waals surface area contributed by atoms with Gasteiger partial charge >= 0.3 is 0 Å². The molecule has 0 saturated carbocycles. The number of nitro benzene ring substituents is 1. The second-order valence-electron chi connectivity index (χ2n) is 8.03. The van der Waals surface area contributed by atoms with Crippen molar-refractivity contribution in [3.05, 3.63) is 96.3 Å². The first-order chi connectivity index (χ1) is 18.7. The lowest BCUT2D eigenvalue weighted by Crippen LogP contribution is -2.36. The summed E-state index contributed by atoms with van der Waals surface area (Å²) in [6.07, 6.45) is 1.52. The van der Waals surface area contributed by atoms with Crippen molar-refractivity contribution < 1.29 is 28.8 Å². The number of methoxy groups -OCH3 is 1. The molecular weight excluding hydrogens is 614 g/mol. The van der Waals surface area contributed by atoms with Gasteiger partial charge in [-0.15, -0.1) is 0 Å². The summed E-state index contributed by atoms with van der Waals surface area (Å²) in [5.41, 5.74) is 1.61. The molecule has 3 aromatic carbocycles. The van der Waals surface area contributed by atoms with E-state index in [4.69, 9.17) is 21.1 Å². The van der Waals surface area contributed by atoms with Crippen molar-refractivity contribution in [2.24, 2.45) is 0 Å². The molecule has 0 atom stereocenters. The third kappa shape index (κ3) is 6.77. The normalized spacial score (nSPS) is 14.0. The smallest absolute Gasteiger partial charge is 0.294 e. The van der Waals surface area contributed by atoms with Crippen molar-refractivity contribution in [2.45, 2.75) is 6.61 Å². The first-order valence-electron chi connectivity index (χ1n) is 11.2. The number of hydrogen-bond acceptors (Lipinski definition) is 8. The van der Waals surface area contributed by atoms with Crippen LogP contribution in [0.4, 0.5) is 16.2 Å². The number of imide groups is 1. The van der Waals surface area contributed by atoms with E-state index in [0.717, 1.165) is 10.5 Å². The molecule has 1 fully saturated rings.